The van der Waals surface area contributed by atoms with Gasteiger partial charge in [0.1, 0.15) is 17.6 Å². The molecule has 0 spiro atoms. The first-order chi connectivity index (χ1) is 13.5. The molecule has 0 aliphatic carbocycles. The van der Waals surface area contributed by atoms with E-state index in [1.165, 1.54) is 29.4 Å². The van der Waals surface area contributed by atoms with Crippen molar-refractivity contribution in [1.29, 1.82) is 0 Å². The summed E-state index contributed by atoms with van der Waals surface area (Å²) in [6.45, 7) is 1.95. The minimum atomic E-state index is -4.04. The minimum absolute atomic E-state index is 0.00596. The van der Waals surface area contributed by atoms with E-state index in [1.807, 2.05) is 0 Å². The first-order valence-electron chi connectivity index (χ1n) is 8.91. The van der Waals surface area contributed by atoms with E-state index in [4.69, 9.17) is 5.14 Å². The summed E-state index contributed by atoms with van der Waals surface area (Å²) in [5.41, 5.74) is 0.169. The molecular formula is C17H21F2N5O4S. The number of hydrogen-bond donors (Lipinski definition) is 2. The molecule has 2 aliphatic rings. The van der Waals surface area contributed by atoms with Crippen LogP contribution in [0.5, 0.6) is 0 Å². The maximum Gasteiger partial charge on any atom is 0.340 e. The number of sulfonamides is 1. The summed E-state index contributed by atoms with van der Waals surface area (Å²) < 4.78 is 50.5. The van der Waals surface area contributed by atoms with Crippen LogP contribution in [0.4, 0.5) is 14.5 Å². The molecular weight excluding hydrogens is 408 g/mol. The summed E-state index contributed by atoms with van der Waals surface area (Å²) >= 11 is 0. The van der Waals surface area contributed by atoms with Gasteiger partial charge in [0, 0.05) is 50.1 Å². The first kappa shape index (κ1) is 21.1. The van der Waals surface area contributed by atoms with E-state index < -0.39 is 28.1 Å². The Hall–Kier alpha value is -2.60. The minimum Gasteiger partial charge on any atom is -0.478 e. The Kier molecular flexibility index (Phi) is 5.59. The Bertz CT molecular complexity index is 980. The van der Waals surface area contributed by atoms with Crippen LogP contribution >= 0.6 is 0 Å². The van der Waals surface area contributed by atoms with E-state index in [0.29, 0.717) is 5.69 Å². The number of likely N-dealkylation sites (tertiary alicyclic amines) is 1. The second kappa shape index (κ2) is 7.67. The van der Waals surface area contributed by atoms with E-state index >= 15 is 0 Å². The van der Waals surface area contributed by atoms with Gasteiger partial charge < -0.3 is 14.9 Å². The molecule has 12 heteroatoms. The van der Waals surface area contributed by atoms with Crippen LogP contribution < -0.4 is 10.0 Å². The number of halogens is 2. The van der Waals surface area contributed by atoms with Gasteiger partial charge in [0.05, 0.1) is 0 Å². The number of aromatic nitrogens is 1. The largest absolute Gasteiger partial charge is 0.478 e. The van der Waals surface area contributed by atoms with Crippen LogP contribution in [-0.4, -0.2) is 60.4 Å². The number of amidine groups is 1. The summed E-state index contributed by atoms with van der Waals surface area (Å²) in [6, 6.07) is 2.71. The third kappa shape index (κ3) is 4.70. The van der Waals surface area contributed by atoms with Crippen LogP contribution in [-0.2, 0) is 14.8 Å². The number of carboxylic acids is 1. The van der Waals surface area contributed by atoms with Gasteiger partial charge in [-0.2, -0.15) is 0 Å². The van der Waals surface area contributed by atoms with Crippen LogP contribution in [0.1, 0.15) is 26.2 Å². The van der Waals surface area contributed by atoms with Gasteiger partial charge in [-0.15, -0.1) is 0 Å². The van der Waals surface area contributed by atoms with Gasteiger partial charge in [-0.25, -0.2) is 37.1 Å². The van der Waals surface area contributed by atoms with Gasteiger partial charge in [-0.1, -0.05) is 0 Å². The number of nitrogens with two attached hydrogens (primary N) is 1. The number of alkyl halides is 2. The van der Waals surface area contributed by atoms with Gasteiger partial charge in [0.2, 0.25) is 5.92 Å². The molecule has 3 rings (SSSR count). The molecule has 0 saturated carbocycles. The molecule has 9 nitrogen and oxygen atoms in total. The number of primary sulfonamides is 1. The molecule has 2 aliphatic heterocycles. The Morgan fingerprint density at radius 2 is 2.07 bits per heavy atom. The maximum absolute atomic E-state index is 13.7. The van der Waals surface area contributed by atoms with E-state index in [1.54, 1.807) is 11.8 Å². The summed E-state index contributed by atoms with van der Waals surface area (Å²) in [5.74, 6) is -3.91. The van der Waals surface area contributed by atoms with E-state index in [-0.39, 0.29) is 48.8 Å². The van der Waals surface area contributed by atoms with Gasteiger partial charge in [0.15, 0.2) is 5.03 Å². The van der Waals surface area contributed by atoms with E-state index in [9.17, 15) is 27.1 Å². The Morgan fingerprint density at radius 1 is 1.34 bits per heavy atom. The van der Waals surface area contributed by atoms with Crippen molar-refractivity contribution in [2.75, 3.05) is 18.0 Å². The monoisotopic (exact) mass is 429 g/mol. The molecule has 3 N–H and O–H groups in total. The van der Waals surface area contributed by atoms with Crippen molar-refractivity contribution in [3.63, 3.8) is 0 Å². The molecule has 158 valence electrons. The zero-order valence-corrected chi connectivity index (χ0v) is 16.4. The SMILES string of the molecule is CC1N=C(N2CCCC(F)(F)CC2)C(C(=O)O)=CN1c1ccnc(S(N)(=O)=O)c1. The van der Waals surface area contributed by atoms with Crippen molar-refractivity contribution in [3.05, 3.63) is 30.1 Å². The number of anilines is 1. The summed E-state index contributed by atoms with van der Waals surface area (Å²) in [7, 11) is -4.04. The first-order valence-corrected chi connectivity index (χ1v) is 10.5. The summed E-state index contributed by atoms with van der Waals surface area (Å²) in [5, 5.41) is 14.4. The quantitative estimate of drug-likeness (QED) is 0.743. The van der Waals surface area contributed by atoms with Gasteiger partial charge in [-0.05, 0) is 19.4 Å². The fourth-order valence-corrected chi connectivity index (χ4v) is 3.79. The highest BCUT2D eigenvalue weighted by molar-refractivity contribution is 7.89. The highest BCUT2D eigenvalue weighted by atomic mass is 32.2. The summed E-state index contributed by atoms with van der Waals surface area (Å²) in [4.78, 5) is 23.0. The van der Waals surface area contributed by atoms with Crippen LogP contribution in [0.3, 0.4) is 0 Å². The zero-order chi connectivity index (χ0) is 21.4. The van der Waals surface area contributed by atoms with Gasteiger partial charge in [-0.3, -0.25) is 0 Å². The molecule has 0 aromatic carbocycles. The Labute approximate surface area is 166 Å². The van der Waals surface area contributed by atoms with Crippen molar-refractivity contribution < 1.29 is 27.1 Å². The number of aliphatic imine (C=N–C) groups is 1. The molecule has 0 amide bonds. The molecule has 3 heterocycles. The molecule has 1 fully saturated rings. The van der Waals surface area contributed by atoms with E-state index in [2.05, 4.69) is 9.98 Å². The van der Waals surface area contributed by atoms with Crippen molar-refractivity contribution >= 4 is 27.5 Å². The average Bonchev–Trinajstić information content (AvgIpc) is 2.81. The smallest absolute Gasteiger partial charge is 0.340 e. The van der Waals surface area contributed by atoms with Crippen LogP contribution in [0.2, 0.25) is 0 Å². The molecule has 1 aromatic rings. The second-order valence-electron chi connectivity index (χ2n) is 6.93. The van der Waals surface area contributed by atoms with Crippen molar-refractivity contribution in [1.82, 2.24) is 9.88 Å². The van der Waals surface area contributed by atoms with Gasteiger partial charge in [0.25, 0.3) is 10.0 Å². The number of carbonyl (C=O) groups is 1. The van der Waals surface area contributed by atoms with Crippen molar-refractivity contribution in [2.24, 2.45) is 10.1 Å². The van der Waals surface area contributed by atoms with Crippen molar-refractivity contribution in [2.45, 2.75) is 43.3 Å². The second-order valence-corrected chi connectivity index (χ2v) is 8.44. The van der Waals surface area contributed by atoms with E-state index in [0.717, 1.165) is 0 Å². The lowest BCUT2D eigenvalue weighted by Crippen LogP contribution is -2.42. The number of aliphatic carboxylic acids is 1. The highest BCUT2D eigenvalue weighted by Gasteiger charge is 2.35. The number of nitrogens with zero attached hydrogens (tertiary/aromatic N) is 4. The normalized spacial score (nSPS) is 22.6. The van der Waals surface area contributed by atoms with Gasteiger partial charge >= 0.3 is 5.97 Å². The third-order valence-corrected chi connectivity index (χ3v) is 5.58. The maximum atomic E-state index is 13.7. The number of carboxylic acid groups (broad SMARTS) is 1. The van der Waals surface area contributed by atoms with Crippen LogP contribution in [0.25, 0.3) is 0 Å². The molecule has 1 saturated heterocycles. The summed E-state index contributed by atoms with van der Waals surface area (Å²) in [6.07, 6.45) is 1.55. The topological polar surface area (TPSA) is 129 Å². The third-order valence-electron chi connectivity index (χ3n) is 4.78. The Balaban J connectivity index is 1.95. The predicted octanol–water partition coefficient (Wildman–Crippen LogP) is 1.38. The molecule has 1 aromatic heterocycles. The fourth-order valence-electron chi connectivity index (χ4n) is 3.30. The van der Waals surface area contributed by atoms with Crippen molar-refractivity contribution in [3.8, 4) is 0 Å². The molecule has 29 heavy (non-hydrogen) atoms. The highest BCUT2D eigenvalue weighted by Crippen LogP contribution is 2.30. The average molecular weight is 429 g/mol. The number of pyridine rings is 1. The Morgan fingerprint density at radius 3 is 2.72 bits per heavy atom. The predicted molar refractivity (Wildman–Crippen MR) is 101 cm³/mol. The fraction of sp³-hybridized carbons (Fsp3) is 0.471. The zero-order valence-electron chi connectivity index (χ0n) is 15.6. The lowest BCUT2D eigenvalue weighted by atomic mass is 10.1. The molecule has 1 atom stereocenters. The number of hydrogen-bond acceptors (Lipinski definition) is 7. The molecule has 1 unspecified atom stereocenters. The molecule has 0 radical (unpaired) electrons. The number of rotatable bonds is 3. The molecule has 0 bridgehead atoms. The lowest BCUT2D eigenvalue weighted by molar-refractivity contribution is -0.132. The van der Waals surface area contributed by atoms with Crippen LogP contribution in [0, 0.1) is 0 Å². The standard InChI is InChI=1S/C17H21F2N5O4S/c1-11-22-15(23-7-2-4-17(18,19)5-8-23)13(16(25)26)10-24(11)12-3-6-21-14(9-12)29(20,27)28/h3,6,9-11H,2,4-5,7-8H2,1H3,(H,25,26)(H2,20,27,28). The van der Waals surface area contributed by atoms with Crippen LogP contribution in [0.15, 0.2) is 40.1 Å². The lowest BCUT2D eigenvalue weighted by Gasteiger charge is -2.34.